The molecule has 1 fully saturated rings. The number of anilines is 2. The Labute approximate surface area is 167 Å². The van der Waals surface area contributed by atoms with Crippen molar-refractivity contribution in [3.05, 3.63) is 59.7 Å². The second-order valence-electron chi connectivity index (χ2n) is 6.55. The number of nitrogens with one attached hydrogen (secondary N) is 1. The summed E-state index contributed by atoms with van der Waals surface area (Å²) in [5.41, 5.74) is 2.95. The van der Waals surface area contributed by atoms with E-state index in [0.717, 1.165) is 17.7 Å². The molecule has 1 aliphatic heterocycles. The molecular formula is C21H22N2O4S. The third-order valence-electron chi connectivity index (χ3n) is 4.41. The van der Waals surface area contributed by atoms with E-state index < -0.39 is 5.97 Å². The molecule has 28 heavy (non-hydrogen) atoms. The summed E-state index contributed by atoms with van der Waals surface area (Å²) in [6, 6.07) is 14.6. The zero-order valence-electron chi connectivity index (χ0n) is 15.4. The predicted molar refractivity (Wildman–Crippen MR) is 111 cm³/mol. The number of carbonyl (C=O) groups excluding carboxylic acids is 2. The molecule has 0 saturated carbocycles. The van der Waals surface area contributed by atoms with Crippen molar-refractivity contribution < 1.29 is 19.5 Å². The summed E-state index contributed by atoms with van der Waals surface area (Å²) in [7, 11) is 0. The van der Waals surface area contributed by atoms with Crippen LogP contribution in [0.15, 0.2) is 48.5 Å². The molecule has 1 saturated heterocycles. The Morgan fingerprint density at radius 1 is 1.14 bits per heavy atom. The van der Waals surface area contributed by atoms with Gasteiger partial charge in [0.2, 0.25) is 5.91 Å². The lowest BCUT2D eigenvalue weighted by atomic mass is 10.1. The zero-order valence-corrected chi connectivity index (χ0v) is 16.2. The van der Waals surface area contributed by atoms with Gasteiger partial charge in [-0.05, 0) is 42.3 Å². The Hall–Kier alpha value is -2.80. The van der Waals surface area contributed by atoms with E-state index in [-0.39, 0.29) is 18.2 Å². The standard InChI is InChI=1S/C21H22N2O4S/c24-19-8-3-10-23(19)18-7-2-5-16(13-18)21(27)22-17-6-1-4-15(12-17)14-28-11-9-20(25)26/h1-2,4-7,12-13H,3,8-11,14H2,(H,22,27)(H,25,26). The highest BCUT2D eigenvalue weighted by atomic mass is 32.2. The summed E-state index contributed by atoms with van der Waals surface area (Å²) in [6.07, 6.45) is 1.52. The van der Waals surface area contributed by atoms with E-state index in [1.54, 1.807) is 34.9 Å². The third-order valence-corrected chi connectivity index (χ3v) is 5.44. The summed E-state index contributed by atoms with van der Waals surface area (Å²) in [6.45, 7) is 0.686. The maximum absolute atomic E-state index is 12.6. The molecule has 0 aromatic heterocycles. The maximum Gasteiger partial charge on any atom is 0.304 e. The van der Waals surface area contributed by atoms with Crippen molar-refractivity contribution in [1.82, 2.24) is 0 Å². The topological polar surface area (TPSA) is 86.7 Å². The number of benzene rings is 2. The Morgan fingerprint density at radius 2 is 1.96 bits per heavy atom. The highest BCUT2D eigenvalue weighted by molar-refractivity contribution is 7.98. The Bertz CT molecular complexity index is 884. The average molecular weight is 398 g/mol. The number of thioether (sulfide) groups is 1. The van der Waals surface area contributed by atoms with Gasteiger partial charge in [-0.1, -0.05) is 18.2 Å². The number of carboxylic acids is 1. The molecular weight excluding hydrogens is 376 g/mol. The first-order chi connectivity index (χ1) is 13.5. The Balaban J connectivity index is 1.62. The van der Waals surface area contributed by atoms with E-state index in [1.807, 2.05) is 30.3 Å². The Morgan fingerprint density at radius 3 is 2.71 bits per heavy atom. The maximum atomic E-state index is 12.6. The Kier molecular flexibility index (Phi) is 6.71. The number of carboxylic acid groups (broad SMARTS) is 1. The van der Waals surface area contributed by atoms with Crippen LogP contribution in [-0.2, 0) is 15.3 Å². The SMILES string of the molecule is O=C(O)CCSCc1cccc(NC(=O)c2cccc(N3CCCC3=O)c2)c1. The fraction of sp³-hybridized carbons (Fsp3) is 0.286. The molecule has 1 heterocycles. The average Bonchev–Trinajstić information content (AvgIpc) is 3.11. The molecule has 3 rings (SSSR count). The van der Waals surface area contributed by atoms with Crippen LogP contribution < -0.4 is 10.2 Å². The molecule has 146 valence electrons. The van der Waals surface area contributed by atoms with Crippen molar-refractivity contribution in [3.8, 4) is 0 Å². The van der Waals surface area contributed by atoms with Crippen molar-refractivity contribution in [2.75, 3.05) is 22.5 Å². The van der Waals surface area contributed by atoms with Gasteiger partial charge in [-0.3, -0.25) is 14.4 Å². The summed E-state index contributed by atoms with van der Waals surface area (Å²) >= 11 is 1.54. The van der Waals surface area contributed by atoms with Crippen molar-refractivity contribution >= 4 is 40.9 Å². The fourth-order valence-corrected chi connectivity index (χ4v) is 3.91. The number of hydrogen-bond donors (Lipinski definition) is 2. The fourth-order valence-electron chi connectivity index (χ4n) is 3.03. The van der Waals surface area contributed by atoms with Gasteiger partial charge in [0.15, 0.2) is 0 Å². The molecule has 0 atom stereocenters. The normalized spacial score (nSPS) is 13.6. The summed E-state index contributed by atoms with van der Waals surface area (Å²) in [5, 5.41) is 11.6. The van der Waals surface area contributed by atoms with Crippen molar-refractivity contribution in [2.24, 2.45) is 0 Å². The lowest BCUT2D eigenvalue weighted by Gasteiger charge is -2.16. The minimum absolute atomic E-state index is 0.0886. The smallest absolute Gasteiger partial charge is 0.304 e. The van der Waals surface area contributed by atoms with Crippen LogP contribution in [0.5, 0.6) is 0 Å². The van der Waals surface area contributed by atoms with Crippen molar-refractivity contribution in [3.63, 3.8) is 0 Å². The van der Waals surface area contributed by atoms with E-state index in [1.165, 1.54) is 0 Å². The second kappa shape index (κ2) is 9.41. The van der Waals surface area contributed by atoms with Crippen molar-refractivity contribution in [2.45, 2.75) is 25.0 Å². The molecule has 2 amide bonds. The molecule has 6 nitrogen and oxygen atoms in total. The first-order valence-electron chi connectivity index (χ1n) is 9.13. The van der Waals surface area contributed by atoms with Crippen LogP contribution in [0.1, 0.15) is 35.2 Å². The van der Waals surface area contributed by atoms with Crippen LogP contribution in [0, 0.1) is 0 Å². The molecule has 0 bridgehead atoms. The van der Waals surface area contributed by atoms with Gasteiger partial charge in [-0.15, -0.1) is 0 Å². The quantitative estimate of drug-likeness (QED) is 0.661. The minimum Gasteiger partial charge on any atom is -0.481 e. The van der Waals surface area contributed by atoms with E-state index in [0.29, 0.717) is 35.7 Å². The highest BCUT2D eigenvalue weighted by Gasteiger charge is 2.22. The van der Waals surface area contributed by atoms with Gasteiger partial charge in [-0.25, -0.2) is 0 Å². The molecule has 2 aromatic rings. The molecule has 0 aliphatic carbocycles. The lowest BCUT2D eigenvalue weighted by Crippen LogP contribution is -2.24. The first-order valence-corrected chi connectivity index (χ1v) is 10.3. The molecule has 0 spiro atoms. The number of hydrogen-bond acceptors (Lipinski definition) is 4. The van der Waals surface area contributed by atoms with Crippen LogP contribution in [0.4, 0.5) is 11.4 Å². The summed E-state index contributed by atoms with van der Waals surface area (Å²) in [5.74, 6) is 0.290. The van der Waals surface area contributed by atoms with Crippen LogP contribution in [0.3, 0.4) is 0 Å². The van der Waals surface area contributed by atoms with Crippen molar-refractivity contribution in [1.29, 1.82) is 0 Å². The monoisotopic (exact) mass is 398 g/mol. The van der Waals surface area contributed by atoms with Gasteiger partial charge in [-0.2, -0.15) is 11.8 Å². The van der Waals surface area contributed by atoms with E-state index in [2.05, 4.69) is 5.32 Å². The number of carbonyl (C=O) groups is 3. The highest BCUT2D eigenvalue weighted by Crippen LogP contribution is 2.23. The van der Waals surface area contributed by atoms with Gasteiger partial charge in [0.05, 0.1) is 6.42 Å². The molecule has 2 N–H and O–H groups in total. The number of rotatable bonds is 8. The van der Waals surface area contributed by atoms with E-state index >= 15 is 0 Å². The third kappa shape index (κ3) is 5.36. The van der Waals surface area contributed by atoms with Gasteiger partial charge in [0.25, 0.3) is 5.91 Å². The van der Waals surface area contributed by atoms with Gasteiger partial charge in [0, 0.05) is 41.4 Å². The van der Waals surface area contributed by atoms with Crippen LogP contribution >= 0.6 is 11.8 Å². The molecule has 7 heteroatoms. The number of amides is 2. The summed E-state index contributed by atoms with van der Waals surface area (Å²) < 4.78 is 0. The van der Waals surface area contributed by atoms with E-state index in [9.17, 15) is 14.4 Å². The predicted octanol–water partition coefficient (Wildman–Crippen LogP) is 3.77. The summed E-state index contributed by atoms with van der Waals surface area (Å²) in [4.78, 5) is 36.8. The first kappa shape index (κ1) is 19.9. The second-order valence-corrected chi connectivity index (χ2v) is 7.66. The van der Waals surface area contributed by atoms with Gasteiger partial charge >= 0.3 is 5.97 Å². The largest absolute Gasteiger partial charge is 0.481 e. The number of aliphatic carboxylic acids is 1. The van der Waals surface area contributed by atoms with Gasteiger partial charge in [0.1, 0.15) is 0 Å². The van der Waals surface area contributed by atoms with Crippen LogP contribution in [0.25, 0.3) is 0 Å². The lowest BCUT2D eigenvalue weighted by molar-refractivity contribution is -0.136. The van der Waals surface area contributed by atoms with E-state index in [4.69, 9.17) is 5.11 Å². The van der Waals surface area contributed by atoms with Crippen LogP contribution in [0.2, 0.25) is 0 Å². The zero-order chi connectivity index (χ0) is 19.9. The molecule has 0 radical (unpaired) electrons. The minimum atomic E-state index is -0.800. The van der Waals surface area contributed by atoms with Gasteiger partial charge < -0.3 is 15.3 Å². The molecule has 0 unspecified atom stereocenters. The molecule has 2 aromatic carbocycles. The molecule has 1 aliphatic rings. The van der Waals surface area contributed by atoms with Crippen LogP contribution in [-0.4, -0.2) is 35.2 Å². The number of nitrogens with zero attached hydrogens (tertiary/aromatic N) is 1.